The average molecular weight is 353 g/mol. The van der Waals surface area contributed by atoms with Gasteiger partial charge >= 0.3 is 0 Å². The Kier molecular flexibility index (Phi) is 4.97. The monoisotopic (exact) mass is 353 g/mol. The van der Waals surface area contributed by atoms with E-state index in [0.717, 1.165) is 36.7 Å². The summed E-state index contributed by atoms with van der Waals surface area (Å²) in [5.74, 6) is -0.584. The van der Waals surface area contributed by atoms with E-state index in [4.69, 9.17) is 10.00 Å². The van der Waals surface area contributed by atoms with Crippen molar-refractivity contribution < 1.29 is 9.13 Å². The molecule has 0 aliphatic carbocycles. The molecule has 1 aliphatic heterocycles. The molecular weight excluding hydrogens is 337 g/mol. The highest BCUT2D eigenvalue weighted by Gasteiger charge is 2.22. The van der Waals surface area contributed by atoms with Crippen LogP contribution in [0.4, 0.5) is 4.39 Å². The number of hydrogen-bond acceptors (Lipinski definition) is 6. The number of benzene rings is 1. The van der Waals surface area contributed by atoms with Crippen molar-refractivity contribution in [2.45, 2.75) is 25.9 Å². The fourth-order valence-electron chi connectivity index (χ4n) is 2.82. The first-order chi connectivity index (χ1) is 12.5. The number of nitriles is 2. The molecule has 1 fully saturated rings. The van der Waals surface area contributed by atoms with Crippen molar-refractivity contribution in [1.29, 1.82) is 10.5 Å². The molecule has 26 heavy (non-hydrogen) atoms. The molecule has 1 aromatic carbocycles. The van der Waals surface area contributed by atoms with E-state index in [2.05, 4.69) is 10.4 Å². The first kappa shape index (κ1) is 17.6. The lowest BCUT2D eigenvalue weighted by atomic mass is 10.1. The summed E-state index contributed by atoms with van der Waals surface area (Å²) in [6, 6.07) is 7.37. The Morgan fingerprint density at radius 3 is 2.65 bits per heavy atom. The Morgan fingerprint density at radius 2 is 2.04 bits per heavy atom. The van der Waals surface area contributed by atoms with Gasteiger partial charge in [0.2, 0.25) is 5.69 Å². The smallest absolute Gasteiger partial charge is 0.278 e. The van der Waals surface area contributed by atoms with Crippen LogP contribution in [-0.2, 0) is 0 Å². The Morgan fingerprint density at radius 1 is 1.31 bits per heavy atom. The summed E-state index contributed by atoms with van der Waals surface area (Å²) in [4.78, 5) is 12.7. The Balaban J connectivity index is 2.05. The quantitative estimate of drug-likeness (QED) is 0.898. The Bertz CT molecular complexity index is 981. The van der Waals surface area contributed by atoms with Gasteiger partial charge in [0.05, 0.1) is 16.8 Å². The highest BCUT2D eigenvalue weighted by molar-refractivity contribution is 5.45. The Labute approximate surface area is 149 Å². The molecule has 1 aliphatic rings. The Hall–Kier alpha value is -3.23. The lowest BCUT2D eigenvalue weighted by molar-refractivity contribution is 0.159. The molecule has 0 atom stereocenters. The molecule has 0 radical (unpaired) electrons. The van der Waals surface area contributed by atoms with E-state index in [0.29, 0.717) is 0 Å². The van der Waals surface area contributed by atoms with Crippen molar-refractivity contribution in [2.75, 3.05) is 13.1 Å². The normalized spacial score (nSPS) is 14.5. The molecule has 0 saturated carbocycles. The van der Waals surface area contributed by atoms with Crippen LogP contribution in [0, 0.1) is 35.4 Å². The van der Waals surface area contributed by atoms with E-state index in [1.54, 1.807) is 13.0 Å². The second-order valence-electron chi connectivity index (χ2n) is 5.97. The number of nitrogens with zero attached hydrogens (tertiary/aromatic N) is 4. The molecule has 0 amide bonds. The second kappa shape index (κ2) is 7.34. The minimum atomic E-state index is -0.759. The van der Waals surface area contributed by atoms with Gasteiger partial charge in [-0.25, -0.2) is 4.39 Å². The van der Waals surface area contributed by atoms with Crippen LogP contribution in [0.2, 0.25) is 0 Å². The number of nitrogens with one attached hydrogen (secondary N) is 1. The maximum atomic E-state index is 13.9. The number of halogens is 1. The number of piperidine rings is 1. The van der Waals surface area contributed by atoms with Gasteiger partial charge in [-0.15, -0.1) is 5.10 Å². The van der Waals surface area contributed by atoms with E-state index in [1.165, 1.54) is 12.1 Å². The van der Waals surface area contributed by atoms with Gasteiger partial charge in [-0.1, -0.05) is 0 Å². The highest BCUT2D eigenvalue weighted by Crippen LogP contribution is 2.23. The predicted octanol–water partition coefficient (Wildman–Crippen LogP) is 1.55. The van der Waals surface area contributed by atoms with Crippen molar-refractivity contribution in [3.8, 4) is 23.6 Å². The van der Waals surface area contributed by atoms with Crippen LogP contribution in [0.5, 0.6) is 5.75 Å². The van der Waals surface area contributed by atoms with Gasteiger partial charge in [-0.3, -0.25) is 4.79 Å². The molecule has 0 spiro atoms. The second-order valence-corrected chi connectivity index (χ2v) is 5.97. The average Bonchev–Trinajstić information content (AvgIpc) is 2.66. The number of hydrogen-bond donors (Lipinski definition) is 1. The SMILES string of the molecule is Cc1c(OC2CCNCC2)c(C#N)nn(-c2ccc(C#N)c(F)c2)c1=O. The zero-order chi connectivity index (χ0) is 18.7. The summed E-state index contributed by atoms with van der Waals surface area (Å²) in [6.07, 6.45) is 1.45. The van der Waals surface area contributed by atoms with Crippen molar-refractivity contribution in [1.82, 2.24) is 15.1 Å². The highest BCUT2D eigenvalue weighted by atomic mass is 19.1. The fraction of sp³-hybridized carbons (Fsp3) is 0.333. The molecule has 0 bridgehead atoms. The third-order valence-electron chi connectivity index (χ3n) is 4.26. The predicted molar refractivity (Wildman–Crippen MR) is 90.5 cm³/mol. The van der Waals surface area contributed by atoms with E-state index in [-0.39, 0.29) is 34.4 Å². The molecule has 8 heteroatoms. The van der Waals surface area contributed by atoms with Crippen LogP contribution in [0.1, 0.15) is 29.7 Å². The standard InChI is InChI=1S/C18H16FN5O2/c1-11-17(26-14-4-6-22-7-5-14)16(10-21)23-24(18(11)25)13-3-2-12(9-20)15(19)8-13/h2-3,8,14,22H,4-7H2,1H3. The molecule has 2 heterocycles. The van der Waals surface area contributed by atoms with Crippen LogP contribution in [0.3, 0.4) is 0 Å². The first-order valence-electron chi connectivity index (χ1n) is 8.16. The molecule has 1 N–H and O–H groups in total. The largest absolute Gasteiger partial charge is 0.487 e. The van der Waals surface area contributed by atoms with Crippen LogP contribution in [0.15, 0.2) is 23.0 Å². The zero-order valence-corrected chi connectivity index (χ0v) is 14.1. The van der Waals surface area contributed by atoms with Crippen LogP contribution in [0.25, 0.3) is 5.69 Å². The molecule has 3 rings (SSSR count). The minimum absolute atomic E-state index is 0.0367. The van der Waals surface area contributed by atoms with Crippen molar-refractivity contribution in [3.05, 3.63) is 51.2 Å². The summed E-state index contributed by atoms with van der Waals surface area (Å²) in [7, 11) is 0. The van der Waals surface area contributed by atoms with Crippen molar-refractivity contribution in [3.63, 3.8) is 0 Å². The summed E-state index contributed by atoms with van der Waals surface area (Å²) >= 11 is 0. The van der Waals surface area contributed by atoms with Gasteiger partial charge in [0, 0.05) is 6.07 Å². The zero-order valence-electron chi connectivity index (χ0n) is 14.1. The van der Waals surface area contributed by atoms with Crippen molar-refractivity contribution in [2.24, 2.45) is 0 Å². The number of rotatable bonds is 3. The first-order valence-corrected chi connectivity index (χ1v) is 8.16. The van der Waals surface area contributed by atoms with Gasteiger partial charge in [0.15, 0.2) is 5.75 Å². The topological polar surface area (TPSA) is 104 Å². The third kappa shape index (κ3) is 3.28. The summed E-state index contributed by atoms with van der Waals surface area (Å²) in [5.41, 5.74) is -0.299. The van der Waals surface area contributed by atoms with E-state index in [1.807, 2.05) is 6.07 Å². The summed E-state index contributed by atoms with van der Waals surface area (Å²) < 4.78 is 20.7. The molecule has 2 aromatic rings. The van der Waals surface area contributed by atoms with Gasteiger partial charge in [-0.2, -0.15) is 15.2 Å². The molecule has 7 nitrogen and oxygen atoms in total. The molecule has 1 saturated heterocycles. The third-order valence-corrected chi connectivity index (χ3v) is 4.26. The number of ether oxygens (including phenoxy) is 1. The van der Waals surface area contributed by atoms with Crippen LogP contribution >= 0.6 is 0 Å². The van der Waals surface area contributed by atoms with Crippen LogP contribution < -0.4 is 15.6 Å². The minimum Gasteiger partial charge on any atom is -0.487 e. The van der Waals surface area contributed by atoms with E-state index >= 15 is 0 Å². The molecule has 0 unspecified atom stereocenters. The summed E-state index contributed by atoms with van der Waals surface area (Å²) in [5, 5.41) is 25.5. The van der Waals surface area contributed by atoms with Crippen molar-refractivity contribution >= 4 is 0 Å². The molecule has 132 valence electrons. The summed E-state index contributed by atoms with van der Waals surface area (Å²) in [6.45, 7) is 3.17. The van der Waals surface area contributed by atoms with Gasteiger partial charge in [0.1, 0.15) is 24.1 Å². The molecule has 1 aromatic heterocycles. The van der Waals surface area contributed by atoms with Gasteiger partial charge in [-0.05, 0) is 45.0 Å². The number of aromatic nitrogens is 2. The van der Waals surface area contributed by atoms with E-state index < -0.39 is 11.4 Å². The van der Waals surface area contributed by atoms with Gasteiger partial charge in [0.25, 0.3) is 5.56 Å². The maximum Gasteiger partial charge on any atom is 0.278 e. The van der Waals surface area contributed by atoms with Gasteiger partial charge < -0.3 is 10.1 Å². The lowest BCUT2D eigenvalue weighted by Crippen LogP contribution is -2.35. The maximum absolute atomic E-state index is 13.9. The van der Waals surface area contributed by atoms with Crippen LogP contribution in [-0.4, -0.2) is 29.0 Å². The molecular formula is C18H16FN5O2. The van der Waals surface area contributed by atoms with E-state index in [9.17, 15) is 14.4 Å². The lowest BCUT2D eigenvalue weighted by Gasteiger charge is -2.25. The fourth-order valence-corrected chi connectivity index (χ4v) is 2.82.